The highest BCUT2D eigenvalue weighted by molar-refractivity contribution is 8.18. The van der Waals surface area contributed by atoms with Crippen LogP contribution in [-0.4, -0.2) is 24.2 Å². The molecule has 0 bridgehead atoms. The number of nitrogens with zero attached hydrogens (tertiary/aromatic N) is 2. The Balaban J connectivity index is 1.38. The molecule has 0 aromatic heterocycles. The van der Waals surface area contributed by atoms with Crippen molar-refractivity contribution in [2.75, 3.05) is 18.0 Å². The van der Waals surface area contributed by atoms with Crippen LogP contribution in [0.4, 0.5) is 11.4 Å². The molecule has 0 radical (unpaired) electrons. The average Bonchev–Trinajstić information content (AvgIpc) is 3.19. The third-order valence-electron chi connectivity index (χ3n) is 5.36. The first-order valence-electron chi connectivity index (χ1n) is 11.2. The summed E-state index contributed by atoms with van der Waals surface area (Å²) >= 11 is 7.26. The van der Waals surface area contributed by atoms with Crippen LogP contribution in [0.15, 0.2) is 82.7 Å². The van der Waals surface area contributed by atoms with Crippen LogP contribution in [0.2, 0.25) is 5.02 Å². The summed E-state index contributed by atoms with van der Waals surface area (Å²) in [6.45, 7) is 6.65. The van der Waals surface area contributed by atoms with Gasteiger partial charge in [0.2, 0.25) is 0 Å². The molecule has 34 heavy (non-hydrogen) atoms. The first-order chi connectivity index (χ1) is 16.5. The minimum Gasteiger partial charge on any atom is -0.489 e. The van der Waals surface area contributed by atoms with Gasteiger partial charge in [-0.25, -0.2) is 4.99 Å². The summed E-state index contributed by atoms with van der Waals surface area (Å²) < 4.78 is 5.83. The molecule has 1 fully saturated rings. The predicted octanol–water partition coefficient (Wildman–Crippen LogP) is 6.66. The van der Waals surface area contributed by atoms with E-state index in [9.17, 15) is 4.79 Å². The number of hydrogen-bond donors (Lipinski definition) is 1. The molecule has 0 spiro atoms. The maximum Gasteiger partial charge on any atom is 0.264 e. The molecule has 0 unspecified atom stereocenters. The molecular weight excluding hydrogens is 466 g/mol. The predicted molar refractivity (Wildman–Crippen MR) is 143 cm³/mol. The minimum absolute atomic E-state index is 0.147. The molecule has 0 saturated carbocycles. The lowest BCUT2D eigenvalue weighted by atomic mass is 10.2. The quantitative estimate of drug-likeness (QED) is 0.358. The molecule has 0 aliphatic carbocycles. The molecule has 1 aliphatic heterocycles. The molecule has 7 heteroatoms. The van der Waals surface area contributed by atoms with Gasteiger partial charge in [-0.3, -0.25) is 4.79 Å². The summed E-state index contributed by atoms with van der Waals surface area (Å²) in [5.41, 5.74) is 3.94. The first kappa shape index (κ1) is 23.9. The van der Waals surface area contributed by atoms with Gasteiger partial charge in [-0.1, -0.05) is 35.9 Å². The Bertz CT molecular complexity index is 1190. The normalized spacial score (nSPS) is 15.6. The van der Waals surface area contributed by atoms with Crippen molar-refractivity contribution < 1.29 is 9.53 Å². The van der Waals surface area contributed by atoms with Gasteiger partial charge < -0.3 is 15.0 Å². The second-order valence-corrected chi connectivity index (χ2v) is 9.12. The summed E-state index contributed by atoms with van der Waals surface area (Å²) in [7, 11) is 0. The largest absolute Gasteiger partial charge is 0.489 e. The molecular formula is C27H26ClN3O2S. The van der Waals surface area contributed by atoms with Gasteiger partial charge in [-0.05, 0) is 91.3 Å². The number of rotatable bonds is 8. The van der Waals surface area contributed by atoms with E-state index in [-0.39, 0.29) is 5.91 Å². The summed E-state index contributed by atoms with van der Waals surface area (Å²) in [4.78, 5) is 19.9. The van der Waals surface area contributed by atoms with Gasteiger partial charge >= 0.3 is 0 Å². The Morgan fingerprint density at radius 3 is 2.29 bits per heavy atom. The minimum atomic E-state index is -0.147. The van der Waals surface area contributed by atoms with Gasteiger partial charge in [0.05, 0.1) is 10.6 Å². The zero-order valence-electron chi connectivity index (χ0n) is 19.1. The van der Waals surface area contributed by atoms with E-state index >= 15 is 0 Å². The molecule has 174 valence electrons. The Labute approximate surface area is 209 Å². The number of halogens is 1. The number of anilines is 1. The van der Waals surface area contributed by atoms with E-state index in [1.165, 1.54) is 17.4 Å². The topological polar surface area (TPSA) is 53.9 Å². The Morgan fingerprint density at radius 1 is 0.971 bits per heavy atom. The van der Waals surface area contributed by atoms with Crippen LogP contribution in [0.5, 0.6) is 5.75 Å². The molecule has 1 aliphatic rings. The highest BCUT2D eigenvalue weighted by atomic mass is 35.5. The van der Waals surface area contributed by atoms with Gasteiger partial charge in [0, 0.05) is 23.8 Å². The number of hydrogen-bond acceptors (Lipinski definition) is 5. The van der Waals surface area contributed by atoms with Crippen LogP contribution in [0.3, 0.4) is 0 Å². The van der Waals surface area contributed by atoms with Crippen LogP contribution in [-0.2, 0) is 11.4 Å². The summed E-state index contributed by atoms with van der Waals surface area (Å²) in [5, 5.41) is 4.13. The summed E-state index contributed by atoms with van der Waals surface area (Å²) in [6, 6.07) is 23.3. The smallest absolute Gasteiger partial charge is 0.264 e. The molecule has 1 N–H and O–H groups in total. The number of amidine groups is 1. The number of nitrogens with one attached hydrogen (secondary N) is 1. The Hall–Kier alpha value is -3.22. The lowest BCUT2D eigenvalue weighted by Crippen LogP contribution is -2.21. The number of carbonyl (C=O) groups is 1. The summed E-state index contributed by atoms with van der Waals surface area (Å²) in [5.74, 6) is 0.614. The van der Waals surface area contributed by atoms with Crippen molar-refractivity contribution in [1.82, 2.24) is 5.32 Å². The molecule has 1 heterocycles. The third kappa shape index (κ3) is 6.22. The van der Waals surface area contributed by atoms with Gasteiger partial charge in [0.25, 0.3) is 5.91 Å². The van der Waals surface area contributed by atoms with Crippen LogP contribution >= 0.6 is 23.4 Å². The van der Waals surface area contributed by atoms with Crippen molar-refractivity contribution in [3.63, 3.8) is 0 Å². The number of carbonyl (C=O) groups excluding carboxylic acids is 1. The van der Waals surface area contributed by atoms with Gasteiger partial charge in [0.1, 0.15) is 12.4 Å². The molecule has 1 amide bonds. The second-order valence-electron chi connectivity index (χ2n) is 7.65. The van der Waals surface area contributed by atoms with Crippen molar-refractivity contribution in [2.45, 2.75) is 20.5 Å². The van der Waals surface area contributed by atoms with Gasteiger partial charge in [-0.15, -0.1) is 0 Å². The van der Waals surface area contributed by atoms with E-state index in [0.717, 1.165) is 35.7 Å². The zero-order chi connectivity index (χ0) is 23.9. The fourth-order valence-corrected chi connectivity index (χ4v) is 4.45. The zero-order valence-corrected chi connectivity index (χ0v) is 20.7. The maximum absolute atomic E-state index is 12.4. The van der Waals surface area contributed by atoms with Crippen molar-refractivity contribution >= 4 is 51.9 Å². The SMILES string of the molecule is CCN(CC)c1ccc(N=C2NC(=O)/C(=C/c3ccc(OCc4ccc(Cl)cc4)cc3)S2)cc1. The average molecular weight is 492 g/mol. The molecule has 0 atom stereocenters. The van der Waals surface area contributed by atoms with E-state index in [0.29, 0.717) is 21.7 Å². The second kappa shape index (κ2) is 11.3. The van der Waals surface area contributed by atoms with E-state index in [2.05, 4.69) is 41.2 Å². The molecule has 1 saturated heterocycles. The standard InChI is InChI=1S/C27H26ClN3O2S/c1-3-31(4-2)23-13-11-22(12-14-23)29-27-30-26(32)25(34-27)17-19-7-15-24(16-8-19)33-18-20-5-9-21(28)10-6-20/h5-17H,3-4,18H2,1-2H3,(H,29,30,32)/b25-17-. The number of aliphatic imine (C=N–C) groups is 1. The monoisotopic (exact) mass is 491 g/mol. The lowest BCUT2D eigenvalue weighted by molar-refractivity contribution is -0.115. The fraction of sp³-hybridized carbons (Fsp3) is 0.185. The Morgan fingerprint density at radius 2 is 1.65 bits per heavy atom. The van der Waals surface area contributed by atoms with Crippen LogP contribution < -0.4 is 15.0 Å². The van der Waals surface area contributed by atoms with Crippen molar-refractivity contribution in [2.24, 2.45) is 4.99 Å². The number of benzene rings is 3. The van der Waals surface area contributed by atoms with E-state index in [4.69, 9.17) is 16.3 Å². The highest BCUT2D eigenvalue weighted by Gasteiger charge is 2.23. The molecule has 4 rings (SSSR count). The van der Waals surface area contributed by atoms with E-state index < -0.39 is 0 Å². The van der Waals surface area contributed by atoms with E-state index in [1.54, 1.807) is 0 Å². The number of ether oxygens (including phenoxy) is 1. The van der Waals surface area contributed by atoms with E-state index in [1.807, 2.05) is 66.7 Å². The van der Waals surface area contributed by atoms with Crippen LogP contribution in [0.25, 0.3) is 6.08 Å². The number of amides is 1. The lowest BCUT2D eigenvalue weighted by Gasteiger charge is -2.20. The summed E-state index contributed by atoms with van der Waals surface area (Å²) in [6.07, 6.45) is 1.86. The third-order valence-corrected chi connectivity index (χ3v) is 6.52. The van der Waals surface area contributed by atoms with Gasteiger partial charge in [-0.2, -0.15) is 0 Å². The maximum atomic E-state index is 12.4. The number of thioether (sulfide) groups is 1. The van der Waals surface area contributed by atoms with Crippen LogP contribution in [0, 0.1) is 0 Å². The fourth-order valence-electron chi connectivity index (χ4n) is 3.48. The Kier molecular flexibility index (Phi) is 7.93. The van der Waals surface area contributed by atoms with Crippen LogP contribution in [0.1, 0.15) is 25.0 Å². The van der Waals surface area contributed by atoms with Gasteiger partial charge in [0.15, 0.2) is 5.17 Å². The van der Waals surface area contributed by atoms with Crippen molar-refractivity contribution in [1.29, 1.82) is 0 Å². The molecule has 3 aromatic rings. The first-order valence-corrected chi connectivity index (χ1v) is 12.4. The highest BCUT2D eigenvalue weighted by Crippen LogP contribution is 2.29. The van der Waals surface area contributed by atoms with Crippen molar-refractivity contribution in [3.8, 4) is 5.75 Å². The van der Waals surface area contributed by atoms with Crippen molar-refractivity contribution in [3.05, 3.63) is 93.9 Å². The molecule has 3 aromatic carbocycles. The molecule has 5 nitrogen and oxygen atoms in total.